The largest absolute Gasteiger partial charge is 0.497 e. The summed E-state index contributed by atoms with van der Waals surface area (Å²) < 4.78 is 38.1. The molecular weight excluding hydrogens is 504 g/mol. The number of piperazine rings is 1. The van der Waals surface area contributed by atoms with Crippen molar-refractivity contribution in [3.8, 4) is 5.75 Å². The number of rotatable bonds is 9. The number of methoxy groups -OCH3 is 1. The van der Waals surface area contributed by atoms with Crippen LogP contribution in [0.25, 0.3) is 0 Å². The van der Waals surface area contributed by atoms with Crippen LogP contribution in [-0.2, 0) is 10.0 Å². The van der Waals surface area contributed by atoms with Gasteiger partial charge in [0.2, 0.25) is 10.0 Å². The van der Waals surface area contributed by atoms with E-state index in [0.717, 1.165) is 56.2 Å². The zero-order chi connectivity index (χ0) is 26.5. The van der Waals surface area contributed by atoms with Gasteiger partial charge in [-0.2, -0.15) is 4.31 Å². The van der Waals surface area contributed by atoms with Crippen molar-refractivity contribution in [3.05, 3.63) is 78.3 Å². The van der Waals surface area contributed by atoms with Crippen molar-refractivity contribution in [3.63, 3.8) is 0 Å². The van der Waals surface area contributed by atoms with Crippen LogP contribution in [0.1, 0.15) is 35.0 Å². The second-order valence-electron chi connectivity index (χ2n) is 9.60. The molecule has 3 heterocycles. The molecular formula is C28H34N4O5S. The SMILES string of the molecule is COc1ccc(N2CCN(C(CNC(=O)c3ccc(S(=O)(=O)N4CCCC4)cc3)c3ccco3)CC2)cc1. The monoisotopic (exact) mass is 538 g/mol. The lowest BCUT2D eigenvalue weighted by molar-refractivity contribution is 0.0922. The highest BCUT2D eigenvalue weighted by Crippen LogP contribution is 2.26. The van der Waals surface area contributed by atoms with Crippen molar-refractivity contribution >= 4 is 21.6 Å². The third-order valence-electron chi connectivity index (χ3n) is 7.34. The van der Waals surface area contributed by atoms with E-state index in [2.05, 4.69) is 27.2 Å². The molecule has 5 rings (SSSR count). The number of benzene rings is 2. The van der Waals surface area contributed by atoms with Gasteiger partial charge in [0, 0.05) is 57.1 Å². The molecule has 38 heavy (non-hydrogen) atoms. The van der Waals surface area contributed by atoms with E-state index in [1.165, 1.54) is 16.4 Å². The van der Waals surface area contributed by atoms with Crippen molar-refractivity contribution in [1.29, 1.82) is 0 Å². The zero-order valence-corrected chi connectivity index (χ0v) is 22.4. The first-order valence-corrected chi connectivity index (χ1v) is 14.4. The lowest BCUT2D eigenvalue weighted by atomic mass is 10.1. The first kappa shape index (κ1) is 26.3. The topological polar surface area (TPSA) is 95.3 Å². The van der Waals surface area contributed by atoms with Gasteiger partial charge in [-0.3, -0.25) is 9.69 Å². The molecule has 0 spiro atoms. The summed E-state index contributed by atoms with van der Waals surface area (Å²) in [5.41, 5.74) is 1.58. The van der Waals surface area contributed by atoms with E-state index in [1.807, 2.05) is 24.3 Å². The van der Waals surface area contributed by atoms with Crippen molar-refractivity contribution < 1.29 is 22.4 Å². The Morgan fingerprint density at radius 2 is 1.63 bits per heavy atom. The van der Waals surface area contributed by atoms with Crippen LogP contribution in [0.5, 0.6) is 5.75 Å². The molecule has 0 bridgehead atoms. The summed E-state index contributed by atoms with van der Waals surface area (Å²) in [7, 11) is -1.84. The summed E-state index contributed by atoms with van der Waals surface area (Å²) in [4.78, 5) is 17.9. The van der Waals surface area contributed by atoms with E-state index in [9.17, 15) is 13.2 Å². The number of hydrogen-bond acceptors (Lipinski definition) is 7. The number of carbonyl (C=O) groups is 1. The smallest absolute Gasteiger partial charge is 0.251 e. The minimum absolute atomic E-state index is 0.109. The first-order chi connectivity index (χ1) is 18.5. The minimum atomic E-state index is -3.51. The Morgan fingerprint density at radius 3 is 2.24 bits per heavy atom. The van der Waals surface area contributed by atoms with E-state index >= 15 is 0 Å². The molecule has 1 unspecified atom stereocenters. The van der Waals surface area contributed by atoms with Crippen molar-refractivity contribution in [1.82, 2.24) is 14.5 Å². The number of ether oxygens (including phenoxy) is 1. The van der Waals surface area contributed by atoms with Crippen LogP contribution in [0.15, 0.2) is 76.2 Å². The quantitative estimate of drug-likeness (QED) is 0.446. The highest BCUT2D eigenvalue weighted by Gasteiger charge is 2.29. The molecule has 10 heteroatoms. The summed E-state index contributed by atoms with van der Waals surface area (Å²) in [6, 6.07) is 18.0. The molecule has 2 fully saturated rings. The summed E-state index contributed by atoms with van der Waals surface area (Å²) in [5.74, 6) is 1.39. The fourth-order valence-corrected chi connectivity index (χ4v) is 6.64. The maximum Gasteiger partial charge on any atom is 0.251 e. The van der Waals surface area contributed by atoms with E-state index in [4.69, 9.17) is 9.15 Å². The zero-order valence-electron chi connectivity index (χ0n) is 21.6. The third kappa shape index (κ3) is 5.72. The summed E-state index contributed by atoms with van der Waals surface area (Å²) >= 11 is 0. The highest BCUT2D eigenvalue weighted by molar-refractivity contribution is 7.89. The Balaban J connectivity index is 1.21. The standard InChI is InChI=1S/C28H34N4O5S/c1-36-24-10-8-23(9-11-24)30-16-18-31(19-17-30)26(27-5-4-20-37-27)21-29-28(33)22-6-12-25(13-7-22)38(34,35)32-14-2-3-15-32/h4-13,20,26H,2-3,14-19,21H2,1H3,(H,29,33). The number of sulfonamides is 1. The average Bonchev–Trinajstić information content (AvgIpc) is 3.69. The number of nitrogens with zero attached hydrogens (tertiary/aromatic N) is 3. The molecule has 1 amide bonds. The van der Waals surface area contributed by atoms with Crippen LogP contribution in [0, 0.1) is 0 Å². The molecule has 2 saturated heterocycles. The number of anilines is 1. The molecule has 2 aliphatic heterocycles. The van der Waals surface area contributed by atoms with Crippen molar-refractivity contribution in [2.24, 2.45) is 0 Å². The first-order valence-electron chi connectivity index (χ1n) is 13.0. The fraction of sp³-hybridized carbons (Fsp3) is 0.393. The van der Waals surface area contributed by atoms with Gasteiger partial charge in [0.15, 0.2) is 0 Å². The van der Waals surface area contributed by atoms with Gasteiger partial charge in [-0.25, -0.2) is 8.42 Å². The summed E-state index contributed by atoms with van der Waals surface area (Å²) in [6.45, 7) is 4.81. The Morgan fingerprint density at radius 1 is 0.947 bits per heavy atom. The number of carbonyl (C=O) groups excluding carboxylic acids is 1. The predicted octanol–water partition coefficient (Wildman–Crippen LogP) is 3.37. The summed E-state index contributed by atoms with van der Waals surface area (Å²) in [5, 5.41) is 3.03. The molecule has 1 aromatic heterocycles. The van der Waals surface area contributed by atoms with Gasteiger partial charge < -0.3 is 19.4 Å². The number of furan rings is 1. The Bertz CT molecular complexity index is 1300. The van der Waals surface area contributed by atoms with Crippen LogP contribution < -0.4 is 15.0 Å². The van der Waals surface area contributed by atoms with E-state index in [0.29, 0.717) is 25.2 Å². The molecule has 1 N–H and O–H groups in total. The Kier molecular flexibility index (Phi) is 8.01. The second kappa shape index (κ2) is 11.6. The van der Waals surface area contributed by atoms with Gasteiger partial charge in [0.1, 0.15) is 11.5 Å². The predicted molar refractivity (Wildman–Crippen MR) is 145 cm³/mol. The minimum Gasteiger partial charge on any atom is -0.497 e. The molecule has 3 aromatic rings. The van der Waals surface area contributed by atoms with Crippen LogP contribution in [0.3, 0.4) is 0 Å². The van der Waals surface area contributed by atoms with Gasteiger partial charge in [-0.05, 0) is 73.5 Å². The second-order valence-corrected chi connectivity index (χ2v) is 11.5. The Hall–Kier alpha value is -3.34. The van der Waals surface area contributed by atoms with E-state index in [-0.39, 0.29) is 16.8 Å². The van der Waals surface area contributed by atoms with E-state index in [1.54, 1.807) is 25.5 Å². The molecule has 0 radical (unpaired) electrons. The van der Waals surface area contributed by atoms with Gasteiger partial charge >= 0.3 is 0 Å². The molecule has 9 nitrogen and oxygen atoms in total. The number of amides is 1. The maximum absolute atomic E-state index is 13.0. The highest BCUT2D eigenvalue weighted by atomic mass is 32.2. The van der Waals surface area contributed by atoms with Crippen LogP contribution in [-0.4, -0.2) is 76.5 Å². The molecule has 2 aromatic carbocycles. The van der Waals surface area contributed by atoms with Gasteiger partial charge in [-0.15, -0.1) is 0 Å². The van der Waals surface area contributed by atoms with E-state index < -0.39 is 10.0 Å². The van der Waals surface area contributed by atoms with Crippen LogP contribution in [0.4, 0.5) is 5.69 Å². The van der Waals surface area contributed by atoms with Crippen molar-refractivity contribution in [2.75, 3.05) is 57.8 Å². The number of hydrogen-bond donors (Lipinski definition) is 1. The summed E-state index contributed by atoms with van der Waals surface area (Å²) in [6.07, 6.45) is 3.41. The lowest BCUT2D eigenvalue weighted by Crippen LogP contribution is -2.49. The molecule has 1 atom stereocenters. The molecule has 0 saturated carbocycles. The third-order valence-corrected chi connectivity index (χ3v) is 9.25. The average molecular weight is 539 g/mol. The van der Waals surface area contributed by atoms with Gasteiger partial charge in [0.05, 0.1) is 24.3 Å². The normalized spacial score (nSPS) is 17.9. The molecule has 202 valence electrons. The van der Waals surface area contributed by atoms with Gasteiger partial charge in [-0.1, -0.05) is 0 Å². The van der Waals surface area contributed by atoms with Gasteiger partial charge in [0.25, 0.3) is 5.91 Å². The molecule has 0 aliphatic carbocycles. The fourth-order valence-electron chi connectivity index (χ4n) is 5.12. The van der Waals surface area contributed by atoms with Crippen LogP contribution >= 0.6 is 0 Å². The number of nitrogens with one attached hydrogen (secondary N) is 1. The van der Waals surface area contributed by atoms with Crippen molar-refractivity contribution in [2.45, 2.75) is 23.8 Å². The molecule has 2 aliphatic rings. The Labute approximate surface area is 224 Å². The maximum atomic E-state index is 13.0. The van der Waals surface area contributed by atoms with Crippen LogP contribution in [0.2, 0.25) is 0 Å². The lowest BCUT2D eigenvalue weighted by Gasteiger charge is -2.39.